The van der Waals surface area contributed by atoms with Crippen LogP contribution < -0.4 is 11.1 Å². The van der Waals surface area contributed by atoms with Crippen molar-refractivity contribution in [2.45, 2.75) is 32.2 Å². The molecule has 0 heterocycles. The summed E-state index contributed by atoms with van der Waals surface area (Å²) in [4.78, 5) is 10.7. The molecule has 0 rings (SSSR count). The van der Waals surface area contributed by atoms with Gasteiger partial charge in [-0.1, -0.05) is 11.2 Å². The summed E-state index contributed by atoms with van der Waals surface area (Å²) < 4.78 is 13.1. The maximum absolute atomic E-state index is 13.1. The van der Waals surface area contributed by atoms with Crippen molar-refractivity contribution in [1.29, 1.82) is 0 Å². The van der Waals surface area contributed by atoms with E-state index < -0.39 is 17.3 Å². The summed E-state index contributed by atoms with van der Waals surface area (Å²) in [5.41, 5.74) is 4.12. The predicted molar refractivity (Wildman–Crippen MR) is 61.6 cm³/mol. The molecule has 0 aromatic heterocycles. The largest absolute Gasteiger partial charge is 0.480 e. The number of aliphatic carboxylic acids is 1. The van der Waals surface area contributed by atoms with Gasteiger partial charge in [-0.25, -0.2) is 4.39 Å². The van der Waals surface area contributed by atoms with Gasteiger partial charge in [0.15, 0.2) is 0 Å². The van der Waals surface area contributed by atoms with Gasteiger partial charge in [0.2, 0.25) is 0 Å². The fourth-order valence-electron chi connectivity index (χ4n) is 0.955. The van der Waals surface area contributed by atoms with E-state index in [2.05, 4.69) is 10.5 Å². The topological polar surface area (TPSA) is 108 Å². The van der Waals surface area contributed by atoms with Crippen molar-refractivity contribution in [1.82, 2.24) is 5.32 Å². The van der Waals surface area contributed by atoms with Crippen LogP contribution >= 0.6 is 0 Å². The van der Waals surface area contributed by atoms with Gasteiger partial charge in [-0.05, 0) is 26.7 Å². The van der Waals surface area contributed by atoms with Crippen molar-refractivity contribution in [2.75, 3.05) is 6.54 Å². The zero-order valence-corrected chi connectivity index (χ0v) is 9.90. The predicted octanol–water partition coefficient (Wildman–Crippen LogP) is 0.819. The summed E-state index contributed by atoms with van der Waals surface area (Å²) in [7, 11) is 0. The highest BCUT2D eigenvalue weighted by molar-refractivity contribution is 5.79. The Morgan fingerprint density at radius 2 is 2.24 bits per heavy atom. The molecule has 0 aliphatic carbocycles. The maximum Gasteiger partial charge on any atom is 0.323 e. The quantitative estimate of drug-likeness (QED) is 0.240. The van der Waals surface area contributed by atoms with Gasteiger partial charge in [0, 0.05) is 0 Å². The third-order valence-corrected chi connectivity index (χ3v) is 2.18. The minimum Gasteiger partial charge on any atom is -0.480 e. The van der Waals surface area contributed by atoms with Gasteiger partial charge in [0.05, 0.1) is 6.54 Å². The Hall–Kier alpha value is -1.63. The number of nitrogens with one attached hydrogen (secondary N) is 1. The van der Waals surface area contributed by atoms with E-state index in [1.165, 1.54) is 19.9 Å². The molecule has 98 valence electrons. The number of oxime groups is 1. The van der Waals surface area contributed by atoms with Gasteiger partial charge in [0.1, 0.15) is 17.2 Å². The van der Waals surface area contributed by atoms with Gasteiger partial charge in [-0.2, -0.15) is 0 Å². The second-order valence-corrected chi connectivity index (χ2v) is 3.95. The number of rotatable bonds is 6. The molecule has 0 amide bonds. The van der Waals surface area contributed by atoms with Crippen LogP contribution in [-0.2, 0) is 4.79 Å². The van der Waals surface area contributed by atoms with Crippen LogP contribution in [-0.4, -0.2) is 34.2 Å². The van der Waals surface area contributed by atoms with Gasteiger partial charge >= 0.3 is 5.97 Å². The van der Waals surface area contributed by atoms with Crippen LogP contribution in [0.5, 0.6) is 0 Å². The van der Waals surface area contributed by atoms with Crippen LogP contribution in [0.3, 0.4) is 0 Å². The number of halogens is 1. The normalized spacial score (nSPS) is 16.5. The number of allylic oxidation sites excluding steroid dienone is 1. The fraction of sp³-hybridized carbons (Fsp3) is 0.600. The molecule has 0 spiro atoms. The van der Waals surface area contributed by atoms with Crippen molar-refractivity contribution >= 4 is 11.8 Å². The Bertz CT molecular complexity index is 327. The molecular weight excluding hydrogens is 229 g/mol. The van der Waals surface area contributed by atoms with Crippen molar-refractivity contribution in [3.63, 3.8) is 0 Å². The summed E-state index contributed by atoms with van der Waals surface area (Å²) in [5, 5.41) is 22.3. The fourth-order valence-corrected chi connectivity index (χ4v) is 0.955. The lowest BCUT2D eigenvalue weighted by molar-refractivity contribution is -0.142. The van der Waals surface area contributed by atoms with Crippen molar-refractivity contribution in [3.05, 3.63) is 11.9 Å². The Balaban J connectivity index is 4.05. The van der Waals surface area contributed by atoms with E-state index >= 15 is 0 Å². The smallest absolute Gasteiger partial charge is 0.323 e. The SMILES string of the molecule is CC(=NO)NCC(F)=CCC[C@](C)(N)C(=O)O. The molecule has 0 aliphatic heterocycles. The Kier molecular flexibility index (Phi) is 6.19. The average Bonchev–Trinajstić information content (AvgIpc) is 2.25. The van der Waals surface area contributed by atoms with E-state index in [1.54, 1.807) is 0 Å². The molecule has 1 atom stereocenters. The summed E-state index contributed by atoms with van der Waals surface area (Å²) in [6.45, 7) is 2.75. The minimum atomic E-state index is -1.35. The lowest BCUT2D eigenvalue weighted by Crippen LogP contribution is -2.44. The van der Waals surface area contributed by atoms with Crippen LogP contribution in [0.2, 0.25) is 0 Å². The van der Waals surface area contributed by atoms with Crippen molar-refractivity contribution in [3.8, 4) is 0 Å². The molecule has 6 nitrogen and oxygen atoms in total. The number of nitrogens with zero attached hydrogens (tertiary/aromatic N) is 1. The van der Waals surface area contributed by atoms with Gasteiger partial charge in [-0.15, -0.1) is 0 Å². The van der Waals surface area contributed by atoms with E-state index in [9.17, 15) is 9.18 Å². The van der Waals surface area contributed by atoms with Gasteiger partial charge in [0.25, 0.3) is 0 Å². The summed E-state index contributed by atoms with van der Waals surface area (Å²) in [6, 6.07) is 0. The zero-order valence-electron chi connectivity index (χ0n) is 9.90. The monoisotopic (exact) mass is 247 g/mol. The van der Waals surface area contributed by atoms with E-state index in [0.717, 1.165) is 0 Å². The number of hydrogen-bond acceptors (Lipinski definition) is 4. The molecule has 0 bridgehead atoms. The number of carboxylic acid groups (broad SMARTS) is 1. The van der Waals surface area contributed by atoms with Crippen LogP contribution in [0.1, 0.15) is 26.7 Å². The molecule has 0 aromatic rings. The first-order valence-electron chi connectivity index (χ1n) is 5.09. The Labute approximate surface area is 99.0 Å². The zero-order chi connectivity index (χ0) is 13.5. The number of carboxylic acids is 1. The van der Waals surface area contributed by atoms with E-state index in [1.807, 2.05) is 0 Å². The molecule has 0 aromatic carbocycles. The molecule has 0 fully saturated rings. The number of hydrogen-bond donors (Lipinski definition) is 4. The van der Waals surface area contributed by atoms with Crippen molar-refractivity contribution in [2.24, 2.45) is 10.9 Å². The van der Waals surface area contributed by atoms with Gasteiger partial charge in [-0.3, -0.25) is 4.79 Å². The molecule has 17 heavy (non-hydrogen) atoms. The van der Waals surface area contributed by atoms with E-state index in [4.69, 9.17) is 16.0 Å². The second kappa shape index (κ2) is 6.85. The lowest BCUT2D eigenvalue weighted by Gasteiger charge is -2.17. The minimum absolute atomic E-state index is 0.107. The first kappa shape index (κ1) is 15.4. The highest BCUT2D eigenvalue weighted by Crippen LogP contribution is 2.11. The molecular formula is C10H18FN3O3. The molecule has 7 heteroatoms. The number of carbonyl (C=O) groups is 1. The third kappa shape index (κ3) is 6.52. The Morgan fingerprint density at radius 3 is 2.71 bits per heavy atom. The first-order valence-corrected chi connectivity index (χ1v) is 5.09. The lowest BCUT2D eigenvalue weighted by atomic mass is 9.97. The molecule has 5 N–H and O–H groups in total. The highest BCUT2D eigenvalue weighted by atomic mass is 19.1. The Morgan fingerprint density at radius 1 is 1.65 bits per heavy atom. The molecule has 0 aliphatic rings. The van der Waals surface area contributed by atoms with Crippen LogP contribution in [0.4, 0.5) is 4.39 Å². The third-order valence-electron chi connectivity index (χ3n) is 2.18. The summed E-state index contributed by atoms with van der Waals surface area (Å²) in [5.74, 6) is -1.38. The van der Waals surface area contributed by atoms with E-state index in [0.29, 0.717) is 0 Å². The number of nitrogens with two attached hydrogens (primary N) is 1. The first-order chi connectivity index (χ1) is 7.79. The molecule has 0 radical (unpaired) electrons. The standard InChI is InChI=1S/C10H18FN3O3/c1-7(14-17)13-6-8(11)4-3-5-10(2,12)9(15)16/h4,17H,3,5-6,12H2,1-2H3,(H,13,14)(H,15,16)/t10-/m0/s1. The molecule has 0 saturated heterocycles. The summed E-state index contributed by atoms with van der Waals surface area (Å²) >= 11 is 0. The van der Waals surface area contributed by atoms with Crippen LogP contribution in [0.15, 0.2) is 17.1 Å². The average molecular weight is 247 g/mol. The highest BCUT2D eigenvalue weighted by Gasteiger charge is 2.26. The summed E-state index contributed by atoms with van der Waals surface area (Å²) in [6.07, 6.45) is 1.62. The van der Waals surface area contributed by atoms with Crippen LogP contribution in [0, 0.1) is 0 Å². The number of amidine groups is 1. The molecule has 0 unspecified atom stereocenters. The van der Waals surface area contributed by atoms with Crippen molar-refractivity contribution < 1.29 is 19.5 Å². The maximum atomic E-state index is 13.1. The second-order valence-electron chi connectivity index (χ2n) is 3.95. The van der Waals surface area contributed by atoms with Crippen LogP contribution in [0.25, 0.3) is 0 Å². The molecule has 0 saturated carbocycles. The van der Waals surface area contributed by atoms with Gasteiger partial charge < -0.3 is 21.4 Å². The van der Waals surface area contributed by atoms with E-state index in [-0.39, 0.29) is 25.2 Å².